The zero-order valence-electron chi connectivity index (χ0n) is 15.6. The number of aryl methyl sites for hydroxylation is 1. The van der Waals surface area contributed by atoms with Crippen LogP contribution in [-0.4, -0.2) is 40.1 Å². The first kappa shape index (κ1) is 19.9. The molecule has 9 nitrogen and oxygen atoms in total. The van der Waals surface area contributed by atoms with Gasteiger partial charge < -0.3 is 16.0 Å². The molecule has 9 heteroatoms. The molecule has 3 amide bonds. The molecule has 0 aliphatic carbocycles. The summed E-state index contributed by atoms with van der Waals surface area (Å²) in [5.41, 5.74) is 0.667. The fraction of sp³-hybridized carbons (Fsp3) is 0.647. The van der Waals surface area contributed by atoms with Gasteiger partial charge in [-0.2, -0.15) is 5.10 Å². The Morgan fingerprint density at radius 3 is 2.77 bits per heavy atom. The van der Waals surface area contributed by atoms with Gasteiger partial charge >= 0.3 is 11.8 Å². The van der Waals surface area contributed by atoms with E-state index in [1.54, 1.807) is 13.0 Å². The Balaban J connectivity index is 2.08. The van der Waals surface area contributed by atoms with Crippen molar-refractivity contribution in [2.45, 2.75) is 65.2 Å². The van der Waals surface area contributed by atoms with Crippen LogP contribution >= 0.6 is 0 Å². The number of anilines is 1. The highest BCUT2D eigenvalue weighted by Gasteiger charge is 2.29. The Morgan fingerprint density at radius 1 is 1.31 bits per heavy atom. The lowest BCUT2D eigenvalue weighted by Crippen LogP contribution is -2.53. The van der Waals surface area contributed by atoms with Gasteiger partial charge in [-0.25, -0.2) is 4.68 Å². The number of rotatable bonds is 7. The molecule has 2 unspecified atom stereocenters. The highest BCUT2D eigenvalue weighted by molar-refractivity contribution is 6.39. The Hall–Kier alpha value is -2.42. The number of hydrogen-bond acceptors (Lipinski definition) is 5. The average Bonchev–Trinajstić information content (AvgIpc) is 2.95. The maximum atomic E-state index is 12.1. The number of unbranched alkanes of at least 4 members (excludes halogenated alkanes) is 1. The monoisotopic (exact) mass is 364 g/mol. The summed E-state index contributed by atoms with van der Waals surface area (Å²) in [6.45, 7) is 6.30. The molecule has 1 aliphatic rings. The number of amides is 3. The molecule has 1 aliphatic heterocycles. The Labute approximate surface area is 153 Å². The smallest absolute Gasteiger partial charge is 0.314 e. The number of carbonyl (C=O) groups excluding carboxylic acids is 3. The van der Waals surface area contributed by atoms with Crippen LogP contribution in [0.5, 0.6) is 0 Å². The van der Waals surface area contributed by atoms with E-state index < -0.39 is 18.1 Å². The fourth-order valence-electron chi connectivity index (χ4n) is 2.86. The van der Waals surface area contributed by atoms with Crippen LogP contribution in [0.1, 0.15) is 57.9 Å². The number of carbonyl (C=O) groups is 3. The van der Waals surface area contributed by atoms with Crippen molar-refractivity contribution in [2.75, 3.05) is 11.9 Å². The minimum absolute atomic E-state index is 0.0455. The van der Waals surface area contributed by atoms with E-state index in [0.29, 0.717) is 24.5 Å². The molecule has 2 atom stereocenters. The third-order valence-corrected chi connectivity index (χ3v) is 4.13. The molecule has 144 valence electrons. The normalized spacial score (nSPS) is 19.7. The molecular formula is C17H28N6O3. The van der Waals surface area contributed by atoms with E-state index in [2.05, 4.69) is 33.3 Å². The Kier molecular flexibility index (Phi) is 7.14. The average molecular weight is 364 g/mol. The summed E-state index contributed by atoms with van der Waals surface area (Å²) < 4.78 is 1.49. The van der Waals surface area contributed by atoms with Gasteiger partial charge in [-0.3, -0.25) is 19.7 Å². The van der Waals surface area contributed by atoms with Gasteiger partial charge in [0.15, 0.2) is 6.29 Å². The van der Waals surface area contributed by atoms with E-state index >= 15 is 0 Å². The first-order chi connectivity index (χ1) is 12.4. The summed E-state index contributed by atoms with van der Waals surface area (Å²) in [5, 5.41) is 15.6. The quantitative estimate of drug-likeness (QED) is 0.421. The lowest BCUT2D eigenvalue weighted by molar-refractivity contribution is -0.136. The molecule has 2 rings (SSSR count). The predicted molar refractivity (Wildman–Crippen MR) is 97.1 cm³/mol. The summed E-state index contributed by atoms with van der Waals surface area (Å²) in [7, 11) is 0. The SMILES string of the molecule is CCCCNC(=O)C(=O)Nc1cc(C)nn1C1NC(=O)CC(CCC)N1. The van der Waals surface area contributed by atoms with Gasteiger partial charge in [0.1, 0.15) is 5.82 Å². The van der Waals surface area contributed by atoms with Crippen LogP contribution in [0.15, 0.2) is 6.07 Å². The van der Waals surface area contributed by atoms with E-state index in [1.165, 1.54) is 4.68 Å². The molecule has 0 bridgehead atoms. The van der Waals surface area contributed by atoms with Gasteiger partial charge in [0, 0.05) is 25.1 Å². The van der Waals surface area contributed by atoms with E-state index in [-0.39, 0.29) is 11.9 Å². The minimum Gasteiger partial charge on any atom is -0.348 e. The number of nitrogens with zero attached hydrogens (tertiary/aromatic N) is 2. The maximum absolute atomic E-state index is 12.1. The lowest BCUT2D eigenvalue weighted by Gasteiger charge is -2.32. The Bertz CT molecular complexity index is 657. The van der Waals surface area contributed by atoms with Crippen LogP contribution < -0.4 is 21.3 Å². The number of hydrogen-bond donors (Lipinski definition) is 4. The van der Waals surface area contributed by atoms with Crippen LogP contribution in [0, 0.1) is 6.92 Å². The van der Waals surface area contributed by atoms with Crippen LogP contribution in [-0.2, 0) is 14.4 Å². The van der Waals surface area contributed by atoms with Crippen LogP contribution in [0.2, 0.25) is 0 Å². The largest absolute Gasteiger partial charge is 0.348 e. The topological polar surface area (TPSA) is 117 Å². The van der Waals surface area contributed by atoms with Crippen LogP contribution in [0.25, 0.3) is 0 Å². The minimum atomic E-state index is -0.755. The van der Waals surface area contributed by atoms with Gasteiger partial charge in [0.2, 0.25) is 5.91 Å². The van der Waals surface area contributed by atoms with Crippen molar-refractivity contribution in [1.82, 2.24) is 25.7 Å². The molecular weight excluding hydrogens is 336 g/mol. The Morgan fingerprint density at radius 2 is 2.08 bits per heavy atom. The summed E-state index contributed by atoms with van der Waals surface area (Å²) in [4.78, 5) is 36.0. The summed E-state index contributed by atoms with van der Waals surface area (Å²) in [6, 6.07) is 1.71. The molecule has 1 saturated heterocycles. The number of nitrogens with one attached hydrogen (secondary N) is 4. The van der Waals surface area contributed by atoms with Gasteiger partial charge in [0.25, 0.3) is 0 Å². The maximum Gasteiger partial charge on any atom is 0.314 e. The van der Waals surface area contributed by atoms with Gasteiger partial charge in [-0.1, -0.05) is 26.7 Å². The number of aromatic nitrogens is 2. The molecule has 1 aromatic heterocycles. The van der Waals surface area contributed by atoms with Gasteiger partial charge in [0.05, 0.1) is 5.69 Å². The molecule has 0 spiro atoms. The van der Waals surface area contributed by atoms with Crippen LogP contribution in [0.3, 0.4) is 0 Å². The standard InChI is InChI=1S/C17H28N6O3/c1-4-6-8-18-15(25)16(26)20-13-9-11(3)22-23(13)17-19-12(7-5-2)10-14(24)21-17/h9,12,17,19H,4-8,10H2,1-3H3,(H,18,25)(H,20,26)(H,21,24). The summed E-state index contributed by atoms with van der Waals surface area (Å²) in [6.07, 6.45) is 3.40. The second kappa shape index (κ2) is 9.33. The van der Waals surface area contributed by atoms with Crippen molar-refractivity contribution in [2.24, 2.45) is 0 Å². The van der Waals surface area contributed by atoms with Gasteiger partial charge in [-0.05, 0) is 19.8 Å². The van der Waals surface area contributed by atoms with Crippen molar-refractivity contribution < 1.29 is 14.4 Å². The van der Waals surface area contributed by atoms with Crippen molar-refractivity contribution in [3.05, 3.63) is 11.8 Å². The molecule has 0 aromatic carbocycles. The zero-order chi connectivity index (χ0) is 19.1. The second-order valence-corrected chi connectivity index (χ2v) is 6.51. The first-order valence-corrected chi connectivity index (χ1v) is 9.15. The predicted octanol–water partition coefficient (Wildman–Crippen LogP) is 0.781. The summed E-state index contributed by atoms with van der Waals surface area (Å²) >= 11 is 0. The molecule has 4 N–H and O–H groups in total. The summed E-state index contributed by atoms with van der Waals surface area (Å²) in [5.74, 6) is -1.16. The fourth-order valence-corrected chi connectivity index (χ4v) is 2.86. The first-order valence-electron chi connectivity index (χ1n) is 9.15. The van der Waals surface area contributed by atoms with Crippen molar-refractivity contribution >= 4 is 23.5 Å². The third-order valence-electron chi connectivity index (χ3n) is 4.13. The van der Waals surface area contributed by atoms with E-state index in [4.69, 9.17) is 0 Å². The van der Waals surface area contributed by atoms with Crippen molar-refractivity contribution in [1.29, 1.82) is 0 Å². The highest BCUT2D eigenvalue weighted by Crippen LogP contribution is 2.18. The molecule has 26 heavy (non-hydrogen) atoms. The second-order valence-electron chi connectivity index (χ2n) is 6.51. The zero-order valence-corrected chi connectivity index (χ0v) is 15.6. The van der Waals surface area contributed by atoms with Crippen molar-refractivity contribution in [3.63, 3.8) is 0 Å². The van der Waals surface area contributed by atoms with E-state index in [1.807, 2.05) is 6.92 Å². The lowest BCUT2D eigenvalue weighted by atomic mass is 10.1. The molecule has 0 saturated carbocycles. The van der Waals surface area contributed by atoms with E-state index in [0.717, 1.165) is 25.7 Å². The third kappa shape index (κ3) is 5.29. The molecule has 2 heterocycles. The molecule has 1 aromatic rings. The molecule has 0 radical (unpaired) electrons. The molecule has 1 fully saturated rings. The van der Waals surface area contributed by atoms with E-state index in [9.17, 15) is 14.4 Å². The highest BCUT2D eigenvalue weighted by atomic mass is 16.2. The van der Waals surface area contributed by atoms with Crippen molar-refractivity contribution in [3.8, 4) is 0 Å². The van der Waals surface area contributed by atoms with Gasteiger partial charge in [-0.15, -0.1) is 0 Å². The van der Waals surface area contributed by atoms with Crippen LogP contribution in [0.4, 0.5) is 5.82 Å².